The fourth-order valence-corrected chi connectivity index (χ4v) is 4.02. The van der Waals surface area contributed by atoms with Gasteiger partial charge in [-0.2, -0.15) is 0 Å². The van der Waals surface area contributed by atoms with Crippen LogP contribution in [0.4, 0.5) is 21.6 Å². The van der Waals surface area contributed by atoms with Gasteiger partial charge in [0.2, 0.25) is 0 Å². The zero-order valence-corrected chi connectivity index (χ0v) is 18.7. The van der Waals surface area contributed by atoms with E-state index in [1.165, 1.54) is 13.2 Å². The Hall–Kier alpha value is -4.05. The van der Waals surface area contributed by atoms with Crippen LogP contribution in [0.3, 0.4) is 0 Å². The maximum Gasteiger partial charge on any atom is 0.316 e. The largest absolute Gasteiger partial charge is 0.467 e. The number of anilines is 3. The second-order valence-corrected chi connectivity index (χ2v) is 8.00. The summed E-state index contributed by atoms with van der Waals surface area (Å²) in [6.07, 6.45) is 4.79. The molecule has 0 amide bonds. The number of methoxy groups -OCH3 is 1. The molecule has 5 rings (SSSR count). The quantitative estimate of drug-likeness (QED) is 0.464. The van der Waals surface area contributed by atoms with Crippen LogP contribution in [0.15, 0.2) is 53.7 Å². The Morgan fingerprint density at radius 3 is 2.79 bits per heavy atom. The molecule has 10 heteroatoms. The molecule has 0 spiro atoms. The van der Waals surface area contributed by atoms with Crippen molar-refractivity contribution in [3.05, 3.63) is 65.1 Å². The van der Waals surface area contributed by atoms with E-state index in [-0.39, 0.29) is 23.5 Å². The molecule has 1 aromatic carbocycles. The van der Waals surface area contributed by atoms with Gasteiger partial charge in [-0.3, -0.25) is 4.79 Å². The summed E-state index contributed by atoms with van der Waals surface area (Å²) in [4.78, 5) is 30.1. The highest BCUT2D eigenvalue weighted by molar-refractivity contribution is 5.95. The molecule has 2 N–H and O–H groups in total. The molecule has 34 heavy (non-hydrogen) atoms. The van der Waals surface area contributed by atoms with Crippen LogP contribution >= 0.6 is 0 Å². The van der Waals surface area contributed by atoms with E-state index in [1.807, 2.05) is 11.8 Å². The summed E-state index contributed by atoms with van der Waals surface area (Å²) in [6.45, 7) is 3.77. The minimum Gasteiger partial charge on any atom is -0.467 e. The third kappa shape index (κ3) is 4.27. The molecular weight excluding hydrogens is 439 g/mol. The number of pyridine rings is 2. The van der Waals surface area contributed by atoms with Crippen LogP contribution in [0.5, 0.6) is 6.01 Å². The highest BCUT2D eigenvalue weighted by Crippen LogP contribution is 2.30. The van der Waals surface area contributed by atoms with Crippen LogP contribution in [0, 0.1) is 5.82 Å². The Kier molecular flexibility index (Phi) is 5.81. The van der Waals surface area contributed by atoms with Gasteiger partial charge < -0.3 is 24.7 Å². The maximum absolute atomic E-state index is 15.0. The minimum atomic E-state index is -0.364. The number of ether oxygens (including phenoxy) is 2. The summed E-state index contributed by atoms with van der Waals surface area (Å²) in [5.41, 5.74) is 1.89. The molecule has 174 valence electrons. The lowest BCUT2D eigenvalue weighted by Crippen LogP contribution is -2.41. The zero-order chi connectivity index (χ0) is 23.7. The van der Waals surface area contributed by atoms with Gasteiger partial charge in [0.05, 0.1) is 36.6 Å². The van der Waals surface area contributed by atoms with E-state index in [1.54, 1.807) is 42.9 Å². The van der Waals surface area contributed by atoms with Crippen molar-refractivity contribution < 1.29 is 13.9 Å². The van der Waals surface area contributed by atoms with Crippen molar-refractivity contribution >= 4 is 28.0 Å². The van der Waals surface area contributed by atoms with Gasteiger partial charge in [0.15, 0.2) is 0 Å². The summed E-state index contributed by atoms with van der Waals surface area (Å²) in [5.74, 6) is -0.0608. The smallest absolute Gasteiger partial charge is 0.316 e. The molecule has 4 heterocycles. The van der Waals surface area contributed by atoms with E-state index in [0.717, 1.165) is 0 Å². The van der Waals surface area contributed by atoms with Gasteiger partial charge in [-0.05, 0) is 42.6 Å². The van der Waals surface area contributed by atoms with Crippen LogP contribution in [-0.2, 0) is 4.74 Å². The highest BCUT2D eigenvalue weighted by atomic mass is 19.1. The van der Waals surface area contributed by atoms with Crippen LogP contribution in [0.2, 0.25) is 0 Å². The number of hydrogen-bond donors (Lipinski definition) is 2. The molecule has 4 aromatic rings. The summed E-state index contributed by atoms with van der Waals surface area (Å²) in [5, 5.41) is 4.16. The minimum absolute atomic E-state index is 0.0397. The van der Waals surface area contributed by atoms with E-state index in [9.17, 15) is 4.79 Å². The van der Waals surface area contributed by atoms with E-state index in [0.29, 0.717) is 58.9 Å². The topological polar surface area (TPSA) is 105 Å². The van der Waals surface area contributed by atoms with Crippen molar-refractivity contribution in [1.82, 2.24) is 19.9 Å². The molecule has 0 bridgehead atoms. The average molecular weight is 462 g/mol. The van der Waals surface area contributed by atoms with Crippen LogP contribution in [0.1, 0.15) is 6.92 Å². The predicted octanol–water partition coefficient (Wildman–Crippen LogP) is 3.50. The fourth-order valence-electron chi connectivity index (χ4n) is 4.02. The number of hydrogen-bond acceptors (Lipinski definition) is 8. The number of morpholine rings is 1. The van der Waals surface area contributed by atoms with Gasteiger partial charge >= 0.3 is 6.01 Å². The first-order chi connectivity index (χ1) is 16.5. The molecule has 1 saturated heterocycles. The number of rotatable bonds is 5. The lowest BCUT2D eigenvalue weighted by molar-refractivity contribution is 0.0530. The summed E-state index contributed by atoms with van der Waals surface area (Å²) in [6, 6.07) is 8.70. The van der Waals surface area contributed by atoms with Gasteiger partial charge in [0.25, 0.3) is 5.56 Å². The van der Waals surface area contributed by atoms with Gasteiger partial charge in [-0.25, -0.2) is 19.3 Å². The number of H-pyrrole nitrogens is 1. The first-order valence-corrected chi connectivity index (χ1v) is 10.8. The van der Waals surface area contributed by atoms with E-state index < -0.39 is 0 Å². The van der Waals surface area contributed by atoms with Crippen molar-refractivity contribution in [2.24, 2.45) is 0 Å². The molecular formula is C24H23FN6O3. The number of nitrogens with zero attached hydrogens (tertiary/aromatic N) is 4. The fraction of sp³-hybridized carbons (Fsp3) is 0.250. The molecule has 0 saturated carbocycles. The first kappa shape index (κ1) is 21.8. The Morgan fingerprint density at radius 2 is 2.06 bits per heavy atom. The van der Waals surface area contributed by atoms with Gasteiger partial charge in [0.1, 0.15) is 11.6 Å². The van der Waals surface area contributed by atoms with E-state index >= 15 is 4.39 Å². The SMILES string of the molecule is COc1ncc(-c2cc3cc[nH]c(=O)c3c(Nc3ccc(N4CCO[C@H](C)C4)c(F)c3)n2)cn1. The normalized spacial score (nSPS) is 16.0. The molecule has 0 unspecified atom stereocenters. The average Bonchev–Trinajstić information content (AvgIpc) is 2.84. The second-order valence-electron chi connectivity index (χ2n) is 8.00. The first-order valence-electron chi connectivity index (χ1n) is 10.8. The zero-order valence-electron chi connectivity index (χ0n) is 18.7. The Morgan fingerprint density at radius 1 is 1.24 bits per heavy atom. The summed E-state index contributed by atoms with van der Waals surface area (Å²) < 4.78 is 25.6. The van der Waals surface area contributed by atoms with Crippen molar-refractivity contribution in [2.45, 2.75) is 13.0 Å². The molecule has 3 aromatic heterocycles. The van der Waals surface area contributed by atoms with E-state index in [2.05, 4.69) is 25.3 Å². The molecule has 1 atom stereocenters. The van der Waals surface area contributed by atoms with Crippen molar-refractivity contribution in [2.75, 3.05) is 37.0 Å². The maximum atomic E-state index is 15.0. The predicted molar refractivity (Wildman–Crippen MR) is 127 cm³/mol. The molecule has 9 nitrogen and oxygen atoms in total. The van der Waals surface area contributed by atoms with E-state index in [4.69, 9.17) is 9.47 Å². The third-order valence-electron chi connectivity index (χ3n) is 5.65. The summed E-state index contributed by atoms with van der Waals surface area (Å²) >= 11 is 0. The standard InChI is InChI=1S/C24H23FN6O3/c1-14-13-31(7-8-34-14)20-4-3-17(10-18(20)25)29-22-21-15(5-6-26-23(21)32)9-19(30-22)16-11-27-24(33-2)28-12-16/h3-6,9-12,14H,7-8,13H2,1-2H3,(H,26,32)(H,29,30)/t14-/m1/s1. The summed E-state index contributed by atoms with van der Waals surface area (Å²) in [7, 11) is 1.49. The van der Waals surface area contributed by atoms with Gasteiger partial charge in [-0.1, -0.05) is 0 Å². The van der Waals surface area contributed by atoms with Crippen molar-refractivity contribution in [3.63, 3.8) is 0 Å². The Bertz CT molecular complexity index is 1390. The van der Waals surface area contributed by atoms with Gasteiger partial charge in [0, 0.05) is 42.9 Å². The van der Waals surface area contributed by atoms with Crippen LogP contribution in [-0.4, -0.2) is 52.8 Å². The lowest BCUT2D eigenvalue weighted by atomic mass is 10.1. The Balaban J connectivity index is 1.52. The van der Waals surface area contributed by atoms with Gasteiger partial charge in [-0.15, -0.1) is 0 Å². The number of halogens is 1. The number of nitrogens with one attached hydrogen (secondary N) is 2. The van der Waals surface area contributed by atoms with Crippen LogP contribution in [0.25, 0.3) is 22.0 Å². The van der Waals surface area contributed by atoms with Crippen molar-refractivity contribution in [1.29, 1.82) is 0 Å². The highest BCUT2D eigenvalue weighted by Gasteiger charge is 2.20. The molecule has 1 fully saturated rings. The number of benzene rings is 1. The Labute approximate surface area is 194 Å². The molecule has 1 aliphatic rings. The molecule has 1 aliphatic heterocycles. The lowest BCUT2D eigenvalue weighted by Gasteiger charge is -2.33. The number of aromatic amines is 1. The third-order valence-corrected chi connectivity index (χ3v) is 5.65. The molecule has 0 aliphatic carbocycles. The number of fused-ring (bicyclic) bond motifs is 1. The van der Waals surface area contributed by atoms with Crippen molar-refractivity contribution in [3.8, 4) is 17.3 Å². The number of aromatic nitrogens is 4. The monoisotopic (exact) mass is 462 g/mol. The second kappa shape index (κ2) is 9.06. The van der Waals surface area contributed by atoms with Crippen LogP contribution < -0.4 is 20.5 Å². The molecule has 0 radical (unpaired) electrons.